The first-order valence-corrected chi connectivity index (χ1v) is 10.8. The molecule has 3 heterocycles. The van der Waals surface area contributed by atoms with Crippen molar-refractivity contribution in [3.05, 3.63) is 70.1 Å². The highest BCUT2D eigenvalue weighted by molar-refractivity contribution is 5.97. The van der Waals surface area contributed by atoms with Gasteiger partial charge in [-0.3, -0.25) is 14.4 Å². The first-order valence-electron chi connectivity index (χ1n) is 10.8. The standard InChI is InChI=1S/C24H29N3O3/c1-16(2)11-20(25-23(29)18-7-4-3-5-8-18)24(30)26-13-17-12-19(15-26)21-9-6-10-22(28)27(21)14-17/h3-10,16-17,19-20H,11-15H2,1-2H3,(H,25,29). The lowest BCUT2D eigenvalue weighted by Crippen LogP contribution is -2.55. The fraction of sp³-hybridized carbons (Fsp3) is 0.458. The summed E-state index contributed by atoms with van der Waals surface area (Å²) < 4.78 is 1.86. The number of aromatic nitrogens is 1. The van der Waals surface area contributed by atoms with Crippen molar-refractivity contribution in [2.45, 2.75) is 45.2 Å². The monoisotopic (exact) mass is 407 g/mol. The molecule has 6 nitrogen and oxygen atoms in total. The molecular formula is C24H29N3O3. The van der Waals surface area contributed by atoms with Gasteiger partial charge in [-0.1, -0.05) is 38.1 Å². The molecule has 2 aliphatic rings. The quantitative estimate of drug-likeness (QED) is 0.828. The van der Waals surface area contributed by atoms with Crippen molar-refractivity contribution in [3.63, 3.8) is 0 Å². The van der Waals surface area contributed by atoms with Crippen LogP contribution in [0.2, 0.25) is 0 Å². The number of hydrogen-bond donors (Lipinski definition) is 1. The molecule has 6 heteroatoms. The maximum absolute atomic E-state index is 13.5. The van der Waals surface area contributed by atoms with E-state index < -0.39 is 6.04 Å². The smallest absolute Gasteiger partial charge is 0.251 e. The van der Waals surface area contributed by atoms with Crippen molar-refractivity contribution in [2.24, 2.45) is 11.8 Å². The molecule has 0 aliphatic carbocycles. The van der Waals surface area contributed by atoms with E-state index in [9.17, 15) is 14.4 Å². The lowest BCUT2D eigenvalue weighted by molar-refractivity contribution is -0.136. The van der Waals surface area contributed by atoms with Gasteiger partial charge < -0.3 is 14.8 Å². The first-order chi connectivity index (χ1) is 14.4. The summed E-state index contributed by atoms with van der Waals surface area (Å²) in [4.78, 5) is 40.3. The maximum atomic E-state index is 13.5. The first kappa shape index (κ1) is 20.4. The highest BCUT2D eigenvalue weighted by atomic mass is 16.2. The Morgan fingerprint density at radius 3 is 2.53 bits per heavy atom. The van der Waals surface area contributed by atoms with Gasteiger partial charge in [0.2, 0.25) is 5.91 Å². The molecule has 2 bridgehead atoms. The molecule has 2 aromatic rings. The third-order valence-electron chi connectivity index (χ3n) is 6.14. The summed E-state index contributed by atoms with van der Waals surface area (Å²) in [6.07, 6.45) is 1.59. The number of rotatable bonds is 5. The van der Waals surface area contributed by atoms with E-state index in [0.29, 0.717) is 31.6 Å². The van der Waals surface area contributed by atoms with Crippen LogP contribution in [0.1, 0.15) is 48.7 Å². The summed E-state index contributed by atoms with van der Waals surface area (Å²) in [5.74, 6) is 0.474. The maximum Gasteiger partial charge on any atom is 0.251 e. The Morgan fingerprint density at radius 1 is 1.03 bits per heavy atom. The van der Waals surface area contributed by atoms with Crippen molar-refractivity contribution in [1.82, 2.24) is 14.8 Å². The minimum Gasteiger partial charge on any atom is -0.340 e. The third-order valence-corrected chi connectivity index (χ3v) is 6.14. The lowest BCUT2D eigenvalue weighted by Gasteiger charge is -2.43. The number of carbonyl (C=O) groups is 2. The van der Waals surface area contributed by atoms with E-state index in [2.05, 4.69) is 19.2 Å². The minimum atomic E-state index is -0.547. The molecule has 1 fully saturated rings. The van der Waals surface area contributed by atoms with Crippen LogP contribution >= 0.6 is 0 Å². The molecule has 4 rings (SSSR count). The zero-order valence-corrected chi connectivity index (χ0v) is 17.6. The molecule has 0 spiro atoms. The Kier molecular flexibility index (Phi) is 5.75. The Balaban J connectivity index is 1.52. The van der Waals surface area contributed by atoms with Gasteiger partial charge in [-0.2, -0.15) is 0 Å². The van der Waals surface area contributed by atoms with Crippen LogP contribution in [-0.2, 0) is 11.3 Å². The fourth-order valence-electron chi connectivity index (χ4n) is 4.82. The van der Waals surface area contributed by atoms with E-state index in [0.717, 1.165) is 12.1 Å². The summed E-state index contributed by atoms with van der Waals surface area (Å²) in [7, 11) is 0. The van der Waals surface area contributed by atoms with Crippen molar-refractivity contribution >= 4 is 11.8 Å². The number of benzene rings is 1. The zero-order valence-electron chi connectivity index (χ0n) is 17.6. The third kappa shape index (κ3) is 4.18. The molecule has 30 heavy (non-hydrogen) atoms. The molecule has 1 saturated heterocycles. The molecule has 1 aromatic heterocycles. The van der Waals surface area contributed by atoms with Gasteiger partial charge >= 0.3 is 0 Å². The molecule has 3 atom stereocenters. The van der Waals surface area contributed by atoms with Crippen LogP contribution in [0, 0.1) is 11.8 Å². The van der Waals surface area contributed by atoms with Gasteiger partial charge in [0.25, 0.3) is 11.5 Å². The number of amides is 2. The molecule has 2 amide bonds. The van der Waals surface area contributed by atoms with E-state index in [1.165, 1.54) is 0 Å². The molecule has 158 valence electrons. The van der Waals surface area contributed by atoms with Gasteiger partial charge in [0.15, 0.2) is 0 Å². The van der Waals surface area contributed by atoms with Crippen LogP contribution in [0.4, 0.5) is 0 Å². The number of hydrogen-bond acceptors (Lipinski definition) is 3. The van der Waals surface area contributed by atoms with Crippen molar-refractivity contribution in [1.29, 1.82) is 0 Å². The summed E-state index contributed by atoms with van der Waals surface area (Å²) in [5, 5.41) is 2.97. The van der Waals surface area contributed by atoms with E-state index in [1.54, 1.807) is 24.3 Å². The Morgan fingerprint density at radius 2 is 1.80 bits per heavy atom. The molecule has 0 radical (unpaired) electrons. The fourth-order valence-corrected chi connectivity index (χ4v) is 4.82. The average molecular weight is 408 g/mol. The second-order valence-electron chi connectivity index (χ2n) is 8.96. The summed E-state index contributed by atoms with van der Waals surface area (Å²) in [6, 6.07) is 13.9. The number of fused-ring (bicyclic) bond motifs is 4. The molecule has 0 saturated carbocycles. The number of nitrogens with one attached hydrogen (secondary N) is 1. The number of carbonyl (C=O) groups excluding carboxylic acids is 2. The Bertz CT molecular complexity index is 983. The van der Waals surface area contributed by atoms with Crippen LogP contribution in [0.15, 0.2) is 53.3 Å². The predicted molar refractivity (Wildman–Crippen MR) is 115 cm³/mol. The number of nitrogens with zero attached hydrogens (tertiary/aromatic N) is 2. The number of piperidine rings is 1. The van der Waals surface area contributed by atoms with Crippen LogP contribution in [0.3, 0.4) is 0 Å². The highest BCUT2D eigenvalue weighted by Gasteiger charge is 2.38. The second-order valence-corrected chi connectivity index (χ2v) is 8.96. The predicted octanol–water partition coefficient (Wildman–Crippen LogP) is 2.64. The van der Waals surface area contributed by atoms with E-state index >= 15 is 0 Å². The molecular weight excluding hydrogens is 378 g/mol. The van der Waals surface area contributed by atoms with Gasteiger partial charge in [-0.25, -0.2) is 0 Å². The molecule has 1 aromatic carbocycles. The van der Waals surface area contributed by atoms with E-state index in [4.69, 9.17) is 0 Å². The Hall–Kier alpha value is -2.89. The van der Waals surface area contributed by atoms with Gasteiger partial charge in [-0.05, 0) is 42.9 Å². The van der Waals surface area contributed by atoms with Crippen LogP contribution in [0.5, 0.6) is 0 Å². The van der Waals surface area contributed by atoms with Gasteiger partial charge in [0.05, 0.1) is 0 Å². The normalized spacial score (nSPS) is 21.1. The van der Waals surface area contributed by atoms with E-state index in [-0.39, 0.29) is 35.1 Å². The van der Waals surface area contributed by atoms with Crippen LogP contribution < -0.4 is 10.9 Å². The topological polar surface area (TPSA) is 71.4 Å². The van der Waals surface area contributed by atoms with E-state index in [1.807, 2.05) is 33.7 Å². The minimum absolute atomic E-state index is 0.0191. The second kappa shape index (κ2) is 8.46. The van der Waals surface area contributed by atoms with Gasteiger partial charge in [-0.15, -0.1) is 0 Å². The van der Waals surface area contributed by atoms with Crippen molar-refractivity contribution in [2.75, 3.05) is 13.1 Å². The largest absolute Gasteiger partial charge is 0.340 e. The summed E-state index contributed by atoms with van der Waals surface area (Å²) >= 11 is 0. The van der Waals surface area contributed by atoms with Crippen molar-refractivity contribution in [3.8, 4) is 0 Å². The SMILES string of the molecule is CC(C)CC(NC(=O)c1ccccc1)C(=O)N1CC2CC(C1)c1cccc(=O)n1C2. The Labute approximate surface area is 176 Å². The molecule has 2 aliphatic heterocycles. The highest BCUT2D eigenvalue weighted by Crippen LogP contribution is 2.35. The molecule has 1 N–H and O–H groups in total. The summed E-state index contributed by atoms with van der Waals surface area (Å²) in [5.41, 5.74) is 1.61. The van der Waals surface area contributed by atoms with Crippen molar-refractivity contribution < 1.29 is 9.59 Å². The zero-order chi connectivity index (χ0) is 21.3. The van der Waals surface area contributed by atoms with Gasteiger partial charge in [0, 0.05) is 42.9 Å². The van der Waals surface area contributed by atoms with Crippen LogP contribution in [-0.4, -0.2) is 40.4 Å². The lowest BCUT2D eigenvalue weighted by atomic mass is 9.82. The number of likely N-dealkylation sites (tertiary alicyclic amines) is 1. The van der Waals surface area contributed by atoms with Gasteiger partial charge in [0.1, 0.15) is 6.04 Å². The molecule has 3 unspecified atom stereocenters. The van der Waals surface area contributed by atoms with Crippen LogP contribution in [0.25, 0.3) is 0 Å². The number of pyridine rings is 1. The summed E-state index contributed by atoms with van der Waals surface area (Å²) in [6.45, 7) is 5.99. The average Bonchev–Trinajstić information content (AvgIpc) is 2.73.